The summed E-state index contributed by atoms with van der Waals surface area (Å²) in [5.41, 5.74) is 10.3. The second-order valence-electron chi connectivity index (χ2n) is 5.85. The van der Waals surface area contributed by atoms with Crippen molar-refractivity contribution in [3.05, 3.63) is 46.0 Å². The number of urea groups is 1. The molecule has 0 saturated heterocycles. The molecule has 0 heterocycles. The Morgan fingerprint density at radius 2 is 1.73 bits per heavy atom. The van der Waals surface area contributed by atoms with Gasteiger partial charge < -0.3 is 37.1 Å². The zero-order valence-electron chi connectivity index (χ0n) is 16.5. The zero-order chi connectivity index (χ0) is 25.5. The second-order valence-corrected chi connectivity index (χ2v) is 5.85. The molecule has 178 valence electrons. The van der Waals surface area contributed by atoms with Crippen molar-refractivity contribution in [2.75, 3.05) is 23.5 Å². The zero-order valence-corrected chi connectivity index (χ0v) is 16.5. The molecule has 0 aliphatic carbocycles. The number of nitro groups is 1. The summed E-state index contributed by atoms with van der Waals surface area (Å²) in [6, 6.07) is 5.32. The highest BCUT2D eigenvalue weighted by Crippen LogP contribution is 2.32. The van der Waals surface area contributed by atoms with E-state index in [9.17, 15) is 38.0 Å². The Bertz CT molecular complexity index is 1090. The number of aliphatic carboxylic acids is 1. The standard InChI is InChI=1S/C15H15N5O6.C2HF3O2/c1-26-13-4-7(2-3-10(13)19-15(17)23)18-14(22)8-5-11(20(24)25)12(21)6-9(8)16;3-2(4,5)1(6)7/h2-6,21H,16H2,1H3,(H,18,22)(H3,17,19,23);(H,6,7). The minimum atomic E-state index is -5.08. The average molecular weight is 475 g/mol. The minimum absolute atomic E-state index is 0.135. The molecule has 0 spiro atoms. The molecule has 13 nitrogen and oxygen atoms in total. The summed E-state index contributed by atoms with van der Waals surface area (Å²) in [7, 11) is 1.36. The van der Waals surface area contributed by atoms with Crippen LogP contribution in [-0.2, 0) is 4.79 Å². The van der Waals surface area contributed by atoms with Crippen LogP contribution in [0.5, 0.6) is 11.5 Å². The molecule has 0 fully saturated rings. The number of halogens is 3. The maximum Gasteiger partial charge on any atom is 0.490 e. The van der Waals surface area contributed by atoms with Gasteiger partial charge in [0.05, 0.1) is 23.3 Å². The minimum Gasteiger partial charge on any atom is -0.502 e. The molecule has 0 bridgehead atoms. The highest BCUT2D eigenvalue weighted by molar-refractivity contribution is 6.08. The van der Waals surface area contributed by atoms with Gasteiger partial charge in [0.1, 0.15) is 5.75 Å². The molecule has 0 aliphatic heterocycles. The number of carboxylic acids is 1. The van der Waals surface area contributed by atoms with E-state index in [2.05, 4.69) is 10.6 Å². The van der Waals surface area contributed by atoms with Crippen LogP contribution in [0, 0.1) is 10.1 Å². The molecule has 0 aromatic heterocycles. The number of phenolic OH excluding ortho intramolecular Hbond substituents is 1. The number of alkyl halides is 3. The number of hydrogen-bond donors (Lipinski definition) is 6. The van der Waals surface area contributed by atoms with E-state index < -0.39 is 40.4 Å². The first-order chi connectivity index (χ1) is 15.2. The number of benzene rings is 2. The lowest BCUT2D eigenvalue weighted by Crippen LogP contribution is -2.21. The third-order valence-electron chi connectivity index (χ3n) is 3.55. The van der Waals surface area contributed by atoms with Gasteiger partial charge in [-0.1, -0.05) is 0 Å². The van der Waals surface area contributed by atoms with Crippen molar-refractivity contribution >= 4 is 40.7 Å². The smallest absolute Gasteiger partial charge is 0.490 e. The first kappa shape index (κ1) is 26.3. The van der Waals surface area contributed by atoms with Crippen LogP contribution in [0.15, 0.2) is 30.3 Å². The number of ether oxygens (including phenoxy) is 1. The average Bonchev–Trinajstić information content (AvgIpc) is 2.68. The molecule has 16 heteroatoms. The Kier molecular flexibility index (Phi) is 8.37. The van der Waals surface area contributed by atoms with Gasteiger partial charge in [0.15, 0.2) is 5.75 Å². The third kappa shape index (κ3) is 7.46. The number of nitrogen functional groups attached to an aromatic ring is 1. The number of methoxy groups -OCH3 is 1. The van der Waals surface area contributed by atoms with Crippen LogP contribution in [0.2, 0.25) is 0 Å². The van der Waals surface area contributed by atoms with Crippen molar-refractivity contribution < 1.29 is 47.4 Å². The van der Waals surface area contributed by atoms with E-state index in [1.165, 1.54) is 25.3 Å². The molecule has 2 aromatic rings. The molecule has 33 heavy (non-hydrogen) atoms. The fourth-order valence-corrected chi connectivity index (χ4v) is 2.14. The maximum absolute atomic E-state index is 12.4. The van der Waals surface area contributed by atoms with Gasteiger partial charge in [-0.2, -0.15) is 13.2 Å². The molecule has 3 amide bonds. The predicted octanol–water partition coefficient (Wildman–Crippen LogP) is 2.27. The van der Waals surface area contributed by atoms with Gasteiger partial charge in [0, 0.05) is 29.6 Å². The van der Waals surface area contributed by atoms with Crippen LogP contribution < -0.4 is 26.8 Å². The Labute approximate surface area is 181 Å². The predicted molar refractivity (Wildman–Crippen MR) is 107 cm³/mol. The van der Waals surface area contributed by atoms with Crippen molar-refractivity contribution in [1.82, 2.24) is 0 Å². The van der Waals surface area contributed by atoms with Crippen molar-refractivity contribution in [2.24, 2.45) is 5.73 Å². The van der Waals surface area contributed by atoms with Gasteiger partial charge >= 0.3 is 23.9 Å². The molecule has 0 atom stereocenters. The molecule has 0 radical (unpaired) electrons. The quantitative estimate of drug-likeness (QED) is 0.212. The number of hydrogen-bond acceptors (Lipinski definition) is 8. The van der Waals surface area contributed by atoms with Crippen LogP contribution >= 0.6 is 0 Å². The van der Waals surface area contributed by atoms with Gasteiger partial charge in [0.25, 0.3) is 5.91 Å². The lowest BCUT2D eigenvalue weighted by atomic mass is 10.1. The summed E-state index contributed by atoms with van der Waals surface area (Å²) in [5, 5.41) is 32.4. The Balaban J connectivity index is 0.000000675. The van der Waals surface area contributed by atoms with E-state index in [4.69, 9.17) is 26.1 Å². The van der Waals surface area contributed by atoms with Crippen LogP contribution in [0.25, 0.3) is 0 Å². The van der Waals surface area contributed by atoms with Gasteiger partial charge in [-0.25, -0.2) is 9.59 Å². The first-order valence-electron chi connectivity index (χ1n) is 8.30. The van der Waals surface area contributed by atoms with E-state index in [0.717, 1.165) is 12.1 Å². The van der Waals surface area contributed by atoms with Gasteiger partial charge in [0.2, 0.25) is 0 Å². The molecule has 8 N–H and O–H groups in total. The number of carbonyl (C=O) groups excluding carboxylic acids is 2. The van der Waals surface area contributed by atoms with E-state index in [-0.39, 0.29) is 28.4 Å². The number of rotatable bonds is 5. The number of carbonyl (C=O) groups is 3. The number of nitrogens with zero attached hydrogens (tertiary/aromatic N) is 1. The summed E-state index contributed by atoms with van der Waals surface area (Å²) >= 11 is 0. The van der Waals surface area contributed by atoms with Crippen LogP contribution in [0.3, 0.4) is 0 Å². The maximum atomic E-state index is 12.4. The number of nitrogens with one attached hydrogen (secondary N) is 2. The van der Waals surface area contributed by atoms with Gasteiger partial charge in [-0.15, -0.1) is 0 Å². The fraction of sp³-hybridized carbons (Fsp3) is 0.118. The third-order valence-corrected chi connectivity index (χ3v) is 3.55. The van der Waals surface area contributed by atoms with E-state index in [1.807, 2.05) is 0 Å². The van der Waals surface area contributed by atoms with Gasteiger partial charge in [-0.3, -0.25) is 14.9 Å². The fourth-order valence-electron chi connectivity index (χ4n) is 2.14. The highest BCUT2D eigenvalue weighted by Gasteiger charge is 2.38. The Morgan fingerprint density at radius 3 is 2.18 bits per heavy atom. The summed E-state index contributed by atoms with van der Waals surface area (Å²) in [6.07, 6.45) is -5.08. The van der Waals surface area contributed by atoms with Crippen LogP contribution in [-0.4, -0.2) is 46.3 Å². The molecule has 0 aliphatic rings. The van der Waals surface area contributed by atoms with Crippen LogP contribution in [0.4, 0.5) is 40.7 Å². The van der Waals surface area contributed by atoms with Gasteiger partial charge in [-0.05, 0) is 12.1 Å². The summed E-state index contributed by atoms with van der Waals surface area (Å²) in [6.45, 7) is 0. The number of nitrogens with two attached hydrogens (primary N) is 2. The lowest BCUT2D eigenvalue weighted by Gasteiger charge is -2.12. The van der Waals surface area contributed by atoms with Crippen molar-refractivity contribution in [1.29, 1.82) is 0 Å². The van der Waals surface area contributed by atoms with E-state index >= 15 is 0 Å². The molecular formula is C17H16F3N5O8. The SMILES string of the molecule is COc1cc(NC(=O)c2cc([N+](=O)[O-])c(O)cc2N)ccc1NC(N)=O.O=C(O)C(F)(F)F. The Hall–Kier alpha value is -4.76. The number of anilines is 3. The van der Waals surface area contributed by atoms with Crippen molar-refractivity contribution in [2.45, 2.75) is 6.18 Å². The highest BCUT2D eigenvalue weighted by atomic mass is 19.4. The van der Waals surface area contributed by atoms with Crippen molar-refractivity contribution in [3.63, 3.8) is 0 Å². The normalized spacial score (nSPS) is 10.3. The van der Waals surface area contributed by atoms with Crippen LogP contribution in [0.1, 0.15) is 10.4 Å². The Morgan fingerprint density at radius 1 is 1.15 bits per heavy atom. The summed E-state index contributed by atoms with van der Waals surface area (Å²) in [5.74, 6) is -3.91. The summed E-state index contributed by atoms with van der Waals surface area (Å²) < 4.78 is 36.8. The summed E-state index contributed by atoms with van der Waals surface area (Å²) in [4.78, 5) is 42.2. The van der Waals surface area contributed by atoms with E-state index in [1.54, 1.807) is 0 Å². The number of primary amides is 1. The number of carboxylic acid groups (broad SMARTS) is 1. The number of amides is 3. The topological polar surface area (TPSA) is 220 Å². The molecule has 2 aromatic carbocycles. The number of nitro benzene ring substituents is 1. The largest absolute Gasteiger partial charge is 0.502 e. The molecular weight excluding hydrogens is 459 g/mol. The molecule has 0 saturated carbocycles. The van der Waals surface area contributed by atoms with Crippen molar-refractivity contribution in [3.8, 4) is 11.5 Å². The number of aromatic hydroxyl groups is 1. The van der Waals surface area contributed by atoms with E-state index in [0.29, 0.717) is 0 Å². The monoisotopic (exact) mass is 475 g/mol. The lowest BCUT2D eigenvalue weighted by molar-refractivity contribution is -0.385. The molecule has 2 rings (SSSR count). The molecule has 0 unspecified atom stereocenters. The number of phenols is 1. The second kappa shape index (κ2) is 10.5. The first-order valence-corrected chi connectivity index (χ1v) is 8.30.